The first kappa shape index (κ1) is 27.7. The number of hydrogen-bond acceptors (Lipinski definition) is 4. The number of amides is 3. The van der Waals surface area contributed by atoms with E-state index in [2.05, 4.69) is 10.6 Å². The number of carbonyl (C=O) groups excluding carboxylic acids is 3. The summed E-state index contributed by atoms with van der Waals surface area (Å²) < 4.78 is 27.1. The molecule has 0 saturated heterocycles. The molecule has 0 bridgehead atoms. The van der Waals surface area contributed by atoms with Crippen molar-refractivity contribution in [2.75, 3.05) is 7.05 Å². The van der Waals surface area contributed by atoms with Gasteiger partial charge in [0.05, 0.1) is 6.04 Å². The molecule has 3 N–H and O–H groups in total. The smallest absolute Gasteiger partial charge is 0.254 e. The maximum atomic E-state index is 13.7. The van der Waals surface area contributed by atoms with Crippen LogP contribution in [0.2, 0.25) is 0 Å². The summed E-state index contributed by atoms with van der Waals surface area (Å²) in [5.74, 6) is -4.41. The molecule has 202 valence electrons. The Morgan fingerprint density at radius 1 is 0.872 bits per heavy atom. The van der Waals surface area contributed by atoms with Gasteiger partial charge < -0.3 is 20.6 Å². The molecule has 1 aliphatic heterocycles. The second-order valence-electron chi connectivity index (χ2n) is 9.45. The van der Waals surface area contributed by atoms with Gasteiger partial charge in [-0.25, -0.2) is 8.78 Å². The van der Waals surface area contributed by atoms with Crippen molar-refractivity contribution in [1.82, 2.24) is 15.5 Å². The maximum Gasteiger partial charge on any atom is 0.254 e. The molecule has 0 unspecified atom stereocenters. The van der Waals surface area contributed by atoms with Gasteiger partial charge in [0.2, 0.25) is 11.8 Å². The van der Waals surface area contributed by atoms with E-state index in [1.54, 1.807) is 11.9 Å². The molecular weight excluding hydrogens is 504 g/mol. The normalized spacial score (nSPS) is 20.6. The van der Waals surface area contributed by atoms with Gasteiger partial charge >= 0.3 is 0 Å². The molecule has 5 atom stereocenters. The molecule has 3 aromatic carbocycles. The Balaban J connectivity index is 1.54. The first-order chi connectivity index (χ1) is 18.7. The number of carbonyl (C=O) groups is 3. The molecule has 0 fully saturated rings. The highest BCUT2D eigenvalue weighted by molar-refractivity contribution is 5.93. The van der Waals surface area contributed by atoms with Gasteiger partial charge in [0.1, 0.15) is 23.7 Å². The Morgan fingerprint density at radius 2 is 1.44 bits per heavy atom. The van der Waals surface area contributed by atoms with Gasteiger partial charge in [0, 0.05) is 19.0 Å². The quantitative estimate of drug-likeness (QED) is 0.405. The second-order valence-corrected chi connectivity index (χ2v) is 9.45. The van der Waals surface area contributed by atoms with Crippen molar-refractivity contribution in [3.05, 3.63) is 119 Å². The molecule has 4 rings (SSSR count). The monoisotopic (exact) mass is 533 g/mol. The summed E-state index contributed by atoms with van der Waals surface area (Å²) in [6.07, 6.45) is 1.92. The number of halogens is 2. The van der Waals surface area contributed by atoms with Crippen molar-refractivity contribution in [1.29, 1.82) is 0 Å². The molecule has 3 amide bonds. The fourth-order valence-electron chi connectivity index (χ4n) is 4.61. The van der Waals surface area contributed by atoms with E-state index in [0.717, 1.165) is 23.3 Å². The van der Waals surface area contributed by atoms with E-state index >= 15 is 0 Å². The number of aliphatic hydroxyl groups is 1. The van der Waals surface area contributed by atoms with Crippen LogP contribution in [0.15, 0.2) is 91.0 Å². The summed E-state index contributed by atoms with van der Waals surface area (Å²) in [6, 6.07) is 18.5. The van der Waals surface area contributed by atoms with Crippen molar-refractivity contribution in [2.45, 2.75) is 37.1 Å². The van der Waals surface area contributed by atoms with Gasteiger partial charge in [-0.15, -0.1) is 0 Å². The van der Waals surface area contributed by atoms with Gasteiger partial charge in [-0.3, -0.25) is 14.4 Å². The average Bonchev–Trinajstić information content (AvgIpc) is 3.04. The zero-order chi connectivity index (χ0) is 28.1. The molecule has 0 aromatic heterocycles. The molecule has 1 heterocycles. The van der Waals surface area contributed by atoms with Gasteiger partial charge in [-0.1, -0.05) is 72.8 Å². The van der Waals surface area contributed by atoms with Crippen LogP contribution < -0.4 is 10.6 Å². The molecule has 0 aliphatic carbocycles. The lowest BCUT2D eigenvalue weighted by Crippen LogP contribution is -2.55. The highest BCUT2D eigenvalue weighted by Gasteiger charge is 2.37. The standard InChI is InChI=1S/C30H29F2N3O4/c1-18(33-29(38)27(36)21-15-22(31)17-23(32)16-21)28(37)34-26-24(19-9-5-3-6-10-19)13-14-25(35(2)30(26)39)20-11-7-4-8-12-20/h3-18,24-27,36H,1-2H3,(H,33,38)(H,34,37)/t18-,24-,25-,26-,27-/m0/s1. The van der Waals surface area contributed by atoms with Crippen LogP contribution in [-0.2, 0) is 14.4 Å². The summed E-state index contributed by atoms with van der Waals surface area (Å²) in [5, 5.41) is 15.4. The van der Waals surface area contributed by atoms with Crippen LogP contribution in [0.25, 0.3) is 0 Å². The van der Waals surface area contributed by atoms with Crippen LogP contribution in [0.5, 0.6) is 0 Å². The van der Waals surface area contributed by atoms with E-state index in [4.69, 9.17) is 0 Å². The van der Waals surface area contributed by atoms with E-state index < -0.39 is 47.6 Å². The molecule has 1 aliphatic rings. The Labute approximate surface area is 225 Å². The van der Waals surface area contributed by atoms with Crippen molar-refractivity contribution in [3.8, 4) is 0 Å². The fraction of sp³-hybridized carbons (Fsp3) is 0.233. The lowest BCUT2D eigenvalue weighted by molar-refractivity contribution is -0.138. The highest BCUT2D eigenvalue weighted by atomic mass is 19.1. The third kappa shape index (κ3) is 6.38. The molecule has 7 nitrogen and oxygen atoms in total. The molecule has 0 radical (unpaired) electrons. The number of benzene rings is 3. The molecule has 0 spiro atoms. The van der Waals surface area contributed by atoms with E-state index in [0.29, 0.717) is 6.07 Å². The van der Waals surface area contributed by atoms with Gasteiger partial charge in [0.15, 0.2) is 6.10 Å². The zero-order valence-corrected chi connectivity index (χ0v) is 21.4. The lowest BCUT2D eigenvalue weighted by atomic mass is 9.90. The van der Waals surface area contributed by atoms with E-state index in [9.17, 15) is 28.3 Å². The summed E-state index contributed by atoms with van der Waals surface area (Å²) in [5.41, 5.74) is 1.43. The Kier molecular flexibility index (Phi) is 8.51. The minimum absolute atomic E-state index is 0.292. The molecule has 3 aromatic rings. The number of nitrogens with zero attached hydrogens (tertiary/aromatic N) is 1. The molecule has 39 heavy (non-hydrogen) atoms. The predicted molar refractivity (Wildman–Crippen MR) is 141 cm³/mol. The first-order valence-electron chi connectivity index (χ1n) is 12.5. The largest absolute Gasteiger partial charge is 0.378 e. The Morgan fingerprint density at radius 3 is 2.03 bits per heavy atom. The van der Waals surface area contributed by atoms with Crippen LogP contribution in [0.3, 0.4) is 0 Å². The number of rotatable bonds is 7. The zero-order valence-electron chi connectivity index (χ0n) is 21.4. The molecular formula is C30H29F2N3O4. The van der Waals surface area contributed by atoms with E-state index in [1.165, 1.54) is 6.92 Å². The van der Waals surface area contributed by atoms with Crippen LogP contribution >= 0.6 is 0 Å². The summed E-state index contributed by atoms with van der Waals surface area (Å²) in [6.45, 7) is 1.39. The van der Waals surface area contributed by atoms with Crippen molar-refractivity contribution < 1.29 is 28.3 Å². The van der Waals surface area contributed by atoms with Crippen molar-refractivity contribution >= 4 is 17.7 Å². The Bertz CT molecular complexity index is 1350. The minimum Gasteiger partial charge on any atom is -0.378 e. The van der Waals surface area contributed by atoms with Gasteiger partial charge in [0.25, 0.3) is 5.91 Å². The minimum atomic E-state index is -1.90. The SMILES string of the molecule is C[C@H](NC(=O)[C@@H](O)c1cc(F)cc(F)c1)C(=O)N[C@@H]1C(=O)N(C)[C@H](c2ccccc2)C=C[C@H]1c1ccccc1. The molecule has 0 saturated carbocycles. The van der Waals surface area contributed by atoms with Gasteiger partial charge in [-0.2, -0.15) is 0 Å². The maximum absolute atomic E-state index is 13.7. The third-order valence-corrected chi connectivity index (χ3v) is 6.72. The highest BCUT2D eigenvalue weighted by Crippen LogP contribution is 2.32. The number of nitrogens with one attached hydrogen (secondary N) is 2. The van der Waals surface area contributed by atoms with E-state index in [-0.39, 0.29) is 17.5 Å². The number of likely N-dealkylation sites (N-methyl/N-ethyl adjacent to an activating group) is 1. The number of hydrogen-bond donors (Lipinski definition) is 3. The predicted octanol–water partition coefficient (Wildman–Crippen LogP) is 3.54. The van der Waals surface area contributed by atoms with Crippen LogP contribution in [0, 0.1) is 11.6 Å². The Hall–Kier alpha value is -4.37. The van der Waals surface area contributed by atoms with E-state index in [1.807, 2.05) is 72.8 Å². The van der Waals surface area contributed by atoms with Crippen LogP contribution in [-0.4, -0.2) is 46.9 Å². The first-order valence-corrected chi connectivity index (χ1v) is 12.5. The fourth-order valence-corrected chi connectivity index (χ4v) is 4.61. The van der Waals surface area contributed by atoms with Crippen LogP contribution in [0.4, 0.5) is 8.78 Å². The van der Waals surface area contributed by atoms with Gasteiger partial charge in [-0.05, 0) is 35.7 Å². The lowest BCUT2D eigenvalue weighted by Gasteiger charge is -2.31. The second kappa shape index (κ2) is 12.0. The summed E-state index contributed by atoms with van der Waals surface area (Å²) in [7, 11) is 1.66. The van der Waals surface area contributed by atoms with Crippen LogP contribution in [0.1, 0.15) is 41.7 Å². The van der Waals surface area contributed by atoms with Crippen molar-refractivity contribution in [3.63, 3.8) is 0 Å². The number of aliphatic hydroxyl groups excluding tert-OH is 1. The summed E-state index contributed by atoms with van der Waals surface area (Å²) in [4.78, 5) is 41.0. The van der Waals surface area contributed by atoms with Crippen molar-refractivity contribution in [2.24, 2.45) is 0 Å². The third-order valence-electron chi connectivity index (χ3n) is 6.72. The molecule has 9 heteroatoms. The topological polar surface area (TPSA) is 98.7 Å². The average molecular weight is 534 g/mol. The summed E-state index contributed by atoms with van der Waals surface area (Å²) >= 11 is 0.